The summed E-state index contributed by atoms with van der Waals surface area (Å²) >= 11 is 1.55. The van der Waals surface area contributed by atoms with E-state index in [1.165, 1.54) is 0 Å². The summed E-state index contributed by atoms with van der Waals surface area (Å²) < 4.78 is 0. The number of amides is 1. The lowest BCUT2D eigenvalue weighted by Crippen LogP contribution is -2.23. The zero-order chi connectivity index (χ0) is 12.3. The molecular weight excluding hydrogens is 238 g/mol. The minimum absolute atomic E-state index is 0.209. The monoisotopic (exact) mass is 251 g/mol. The molecule has 0 atom stereocenters. The van der Waals surface area contributed by atoms with Gasteiger partial charge in [-0.3, -0.25) is 4.79 Å². The third-order valence-electron chi connectivity index (χ3n) is 2.61. The normalized spacial score (nSPS) is 16.0. The van der Waals surface area contributed by atoms with Gasteiger partial charge in [0, 0.05) is 23.9 Å². The van der Waals surface area contributed by atoms with Gasteiger partial charge in [0.15, 0.2) is 0 Å². The van der Waals surface area contributed by atoms with Crippen LogP contribution < -0.4 is 0 Å². The first-order valence-electron chi connectivity index (χ1n) is 5.41. The van der Waals surface area contributed by atoms with Crippen LogP contribution in [0.3, 0.4) is 0 Å². The number of hydrogen-bond acceptors (Lipinski definition) is 3. The van der Waals surface area contributed by atoms with Gasteiger partial charge in [0.2, 0.25) is 5.91 Å². The van der Waals surface area contributed by atoms with Gasteiger partial charge in [-0.25, -0.2) is 4.79 Å². The quantitative estimate of drug-likeness (QED) is 0.832. The highest BCUT2D eigenvalue weighted by atomic mass is 32.1. The fourth-order valence-electron chi connectivity index (χ4n) is 1.79. The summed E-state index contributed by atoms with van der Waals surface area (Å²) in [6.45, 7) is 1.47. The Morgan fingerprint density at radius 2 is 2.41 bits per heavy atom. The van der Waals surface area contributed by atoms with Crippen molar-refractivity contribution in [2.45, 2.75) is 19.4 Å². The van der Waals surface area contributed by atoms with E-state index in [2.05, 4.69) is 0 Å². The first-order chi connectivity index (χ1) is 8.15. The van der Waals surface area contributed by atoms with Crippen LogP contribution in [0.4, 0.5) is 0 Å². The Morgan fingerprint density at radius 3 is 3.06 bits per heavy atom. The molecule has 1 aliphatic heterocycles. The van der Waals surface area contributed by atoms with Gasteiger partial charge in [0.05, 0.1) is 6.54 Å². The summed E-state index contributed by atoms with van der Waals surface area (Å²) in [6, 6.07) is 1.93. The molecule has 0 saturated carbocycles. The summed E-state index contributed by atoms with van der Waals surface area (Å²) in [4.78, 5) is 24.7. The smallest absolute Gasteiger partial charge is 0.328 e. The van der Waals surface area contributed by atoms with Crippen molar-refractivity contribution in [1.29, 1.82) is 0 Å². The number of aliphatic carboxylic acids is 1. The molecule has 1 saturated heterocycles. The number of carboxylic acids is 1. The molecule has 1 fully saturated rings. The van der Waals surface area contributed by atoms with Gasteiger partial charge in [-0.05, 0) is 29.5 Å². The van der Waals surface area contributed by atoms with Gasteiger partial charge in [-0.2, -0.15) is 0 Å². The number of rotatable bonds is 4. The summed E-state index contributed by atoms with van der Waals surface area (Å²) in [5, 5.41) is 10.4. The molecule has 0 aliphatic carbocycles. The summed E-state index contributed by atoms with van der Waals surface area (Å²) in [7, 11) is 0. The Balaban J connectivity index is 1.98. The first kappa shape index (κ1) is 11.9. The third-order valence-corrected chi connectivity index (χ3v) is 3.55. The summed E-state index contributed by atoms with van der Waals surface area (Å²) in [6.07, 6.45) is 4.27. The second-order valence-corrected chi connectivity index (χ2v) is 4.93. The molecule has 0 spiro atoms. The SMILES string of the molecule is O=C(O)C=Cc1csc(CN2CCCC2=O)c1. The first-order valence-corrected chi connectivity index (χ1v) is 6.29. The predicted molar refractivity (Wildman–Crippen MR) is 65.6 cm³/mol. The van der Waals surface area contributed by atoms with E-state index >= 15 is 0 Å². The van der Waals surface area contributed by atoms with E-state index < -0.39 is 5.97 Å². The minimum Gasteiger partial charge on any atom is -0.478 e. The molecule has 5 heteroatoms. The number of nitrogens with zero attached hydrogens (tertiary/aromatic N) is 1. The Labute approximate surface area is 103 Å². The number of likely N-dealkylation sites (tertiary alicyclic amines) is 1. The zero-order valence-electron chi connectivity index (χ0n) is 9.26. The van der Waals surface area contributed by atoms with E-state index in [1.54, 1.807) is 17.4 Å². The second-order valence-electron chi connectivity index (χ2n) is 3.94. The Hall–Kier alpha value is -1.62. The number of thiophene rings is 1. The fraction of sp³-hybridized carbons (Fsp3) is 0.333. The highest BCUT2D eigenvalue weighted by Gasteiger charge is 2.20. The minimum atomic E-state index is -0.951. The van der Waals surface area contributed by atoms with E-state index in [1.807, 2.05) is 16.3 Å². The molecule has 1 aromatic rings. The van der Waals surface area contributed by atoms with Gasteiger partial charge >= 0.3 is 5.97 Å². The number of carboxylic acid groups (broad SMARTS) is 1. The molecule has 1 N–H and O–H groups in total. The van der Waals surface area contributed by atoms with Crippen molar-refractivity contribution in [3.8, 4) is 0 Å². The molecule has 0 bridgehead atoms. The lowest BCUT2D eigenvalue weighted by Gasteiger charge is -2.13. The van der Waals surface area contributed by atoms with Crippen molar-refractivity contribution in [1.82, 2.24) is 4.90 Å². The Morgan fingerprint density at radius 1 is 1.59 bits per heavy atom. The van der Waals surface area contributed by atoms with Crippen LogP contribution in [0.2, 0.25) is 0 Å². The van der Waals surface area contributed by atoms with Crippen LogP contribution in [0, 0.1) is 0 Å². The number of carbonyl (C=O) groups is 2. The Bertz CT molecular complexity index is 464. The van der Waals surface area contributed by atoms with E-state index in [0.29, 0.717) is 13.0 Å². The van der Waals surface area contributed by atoms with Crippen LogP contribution in [-0.4, -0.2) is 28.4 Å². The van der Waals surface area contributed by atoms with Crippen LogP contribution in [0.15, 0.2) is 17.5 Å². The van der Waals surface area contributed by atoms with Gasteiger partial charge in [-0.15, -0.1) is 11.3 Å². The fourth-order valence-corrected chi connectivity index (χ4v) is 2.66. The molecule has 1 aliphatic rings. The van der Waals surface area contributed by atoms with Crippen LogP contribution in [0.5, 0.6) is 0 Å². The van der Waals surface area contributed by atoms with Gasteiger partial charge < -0.3 is 10.0 Å². The van der Waals surface area contributed by atoms with Crippen molar-refractivity contribution in [3.05, 3.63) is 28.0 Å². The highest BCUT2D eigenvalue weighted by Crippen LogP contribution is 2.20. The predicted octanol–water partition coefficient (Wildman–Crippen LogP) is 1.97. The van der Waals surface area contributed by atoms with Crippen molar-refractivity contribution in [2.75, 3.05) is 6.54 Å². The lowest BCUT2D eigenvalue weighted by molar-refractivity contribution is -0.131. The van der Waals surface area contributed by atoms with Crippen LogP contribution in [0.25, 0.3) is 6.08 Å². The lowest BCUT2D eigenvalue weighted by atomic mass is 10.3. The molecule has 0 unspecified atom stereocenters. The zero-order valence-corrected chi connectivity index (χ0v) is 10.1. The van der Waals surface area contributed by atoms with Crippen molar-refractivity contribution >= 4 is 29.3 Å². The maximum atomic E-state index is 11.4. The second kappa shape index (κ2) is 5.14. The van der Waals surface area contributed by atoms with Crippen molar-refractivity contribution in [3.63, 3.8) is 0 Å². The molecule has 2 heterocycles. The molecule has 2 rings (SSSR count). The van der Waals surface area contributed by atoms with Crippen molar-refractivity contribution in [2.24, 2.45) is 0 Å². The molecular formula is C12H13NO3S. The number of carbonyl (C=O) groups excluding carboxylic acids is 1. The maximum Gasteiger partial charge on any atom is 0.328 e. The van der Waals surface area contributed by atoms with Gasteiger partial charge in [0.1, 0.15) is 0 Å². The number of hydrogen-bond donors (Lipinski definition) is 1. The van der Waals surface area contributed by atoms with E-state index in [9.17, 15) is 9.59 Å². The molecule has 0 radical (unpaired) electrons. The standard InChI is InChI=1S/C12H13NO3S/c14-11-2-1-5-13(11)7-10-6-9(8-17-10)3-4-12(15)16/h3-4,6,8H,1-2,5,7H2,(H,15,16). The van der Waals surface area contributed by atoms with Crippen molar-refractivity contribution < 1.29 is 14.7 Å². The maximum absolute atomic E-state index is 11.4. The molecule has 17 heavy (non-hydrogen) atoms. The van der Waals surface area contributed by atoms with E-state index in [-0.39, 0.29) is 5.91 Å². The molecule has 90 valence electrons. The third kappa shape index (κ3) is 3.17. The summed E-state index contributed by atoms with van der Waals surface area (Å²) in [5.74, 6) is -0.742. The highest BCUT2D eigenvalue weighted by molar-refractivity contribution is 7.10. The van der Waals surface area contributed by atoms with E-state index in [4.69, 9.17) is 5.11 Å². The van der Waals surface area contributed by atoms with Crippen LogP contribution in [-0.2, 0) is 16.1 Å². The van der Waals surface area contributed by atoms with Crippen LogP contribution in [0.1, 0.15) is 23.3 Å². The van der Waals surface area contributed by atoms with E-state index in [0.717, 1.165) is 29.5 Å². The molecule has 1 aromatic heterocycles. The average molecular weight is 251 g/mol. The molecule has 0 aromatic carbocycles. The van der Waals surface area contributed by atoms with Crippen LogP contribution >= 0.6 is 11.3 Å². The van der Waals surface area contributed by atoms with Gasteiger partial charge in [-0.1, -0.05) is 0 Å². The molecule has 1 amide bonds. The average Bonchev–Trinajstić information content (AvgIpc) is 2.87. The largest absolute Gasteiger partial charge is 0.478 e. The van der Waals surface area contributed by atoms with Gasteiger partial charge in [0.25, 0.3) is 0 Å². The summed E-state index contributed by atoms with van der Waals surface area (Å²) in [5.41, 5.74) is 0.874. The topological polar surface area (TPSA) is 57.6 Å². The Kier molecular flexibility index (Phi) is 3.58. The molecule has 4 nitrogen and oxygen atoms in total.